The fourth-order valence-electron chi connectivity index (χ4n) is 1.67. The van der Waals surface area contributed by atoms with Gasteiger partial charge in [0.15, 0.2) is 0 Å². The first-order chi connectivity index (χ1) is 9.65. The van der Waals surface area contributed by atoms with Crippen LogP contribution in [0.15, 0.2) is 47.1 Å². The van der Waals surface area contributed by atoms with Crippen molar-refractivity contribution in [2.75, 3.05) is 6.54 Å². The Morgan fingerprint density at radius 3 is 2.85 bits per heavy atom. The van der Waals surface area contributed by atoms with Crippen molar-refractivity contribution >= 4 is 5.91 Å². The highest BCUT2D eigenvalue weighted by molar-refractivity contribution is 5.94. The van der Waals surface area contributed by atoms with E-state index in [9.17, 15) is 13.6 Å². The molecule has 0 spiro atoms. The highest BCUT2D eigenvalue weighted by Crippen LogP contribution is 2.15. The molecule has 0 aliphatic heterocycles. The number of carbonyl (C=O) groups excluding carboxylic acids is 1. The molecule has 4 nitrogen and oxygen atoms in total. The number of hydrogen-bond acceptors (Lipinski definition) is 3. The second-order valence-corrected chi connectivity index (χ2v) is 3.99. The molecule has 6 heteroatoms. The van der Waals surface area contributed by atoms with Gasteiger partial charge in [-0.3, -0.25) is 4.79 Å². The number of hydrogen-bond donors (Lipinski definition) is 1. The molecule has 0 aliphatic carbocycles. The first kappa shape index (κ1) is 14.0. The molecule has 0 aliphatic rings. The van der Waals surface area contributed by atoms with E-state index >= 15 is 0 Å². The molecule has 0 radical (unpaired) electrons. The Morgan fingerprint density at radius 1 is 1.30 bits per heavy atom. The molecule has 0 atom stereocenters. The van der Waals surface area contributed by atoms with Crippen LogP contribution in [0.25, 0.3) is 0 Å². The van der Waals surface area contributed by atoms with Crippen LogP contribution in [0.4, 0.5) is 8.78 Å². The summed E-state index contributed by atoms with van der Waals surface area (Å²) in [6.45, 7) is -2.51. The van der Waals surface area contributed by atoms with E-state index in [2.05, 4.69) is 10.1 Å². The average Bonchev–Trinajstić information content (AvgIpc) is 2.91. The highest BCUT2D eigenvalue weighted by atomic mass is 19.3. The molecule has 2 aromatic rings. The van der Waals surface area contributed by atoms with E-state index in [4.69, 9.17) is 4.42 Å². The predicted molar refractivity (Wildman–Crippen MR) is 67.8 cm³/mol. The molecule has 20 heavy (non-hydrogen) atoms. The number of furan rings is 1. The van der Waals surface area contributed by atoms with Crippen LogP contribution in [-0.4, -0.2) is 19.1 Å². The monoisotopic (exact) mass is 281 g/mol. The molecule has 0 bridgehead atoms. The van der Waals surface area contributed by atoms with E-state index in [0.29, 0.717) is 13.0 Å². The molecule has 1 aromatic carbocycles. The molecule has 0 unspecified atom stereocenters. The molecular formula is C14H13F2NO3. The zero-order valence-corrected chi connectivity index (χ0v) is 10.5. The molecule has 106 valence electrons. The van der Waals surface area contributed by atoms with Gasteiger partial charge in [-0.05, 0) is 30.3 Å². The van der Waals surface area contributed by atoms with Gasteiger partial charge in [0, 0.05) is 18.5 Å². The van der Waals surface area contributed by atoms with Crippen molar-refractivity contribution in [3.63, 3.8) is 0 Å². The maximum absolute atomic E-state index is 12.1. The molecule has 0 fully saturated rings. The third-order valence-corrected chi connectivity index (χ3v) is 2.56. The normalized spacial score (nSPS) is 10.6. The Morgan fingerprint density at radius 2 is 2.15 bits per heavy atom. The zero-order valence-electron chi connectivity index (χ0n) is 10.5. The van der Waals surface area contributed by atoms with Crippen molar-refractivity contribution in [1.29, 1.82) is 0 Å². The molecule has 0 saturated carbocycles. The van der Waals surface area contributed by atoms with Crippen molar-refractivity contribution in [2.45, 2.75) is 13.0 Å². The molecule has 1 amide bonds. The van der Waals surface area contributed by atoms with Gasteiger partial charge in [-0.15, -0.1) is 0 Å². The van der Waals surface area contributed by atoms with Crippen LogP contribution in [0.2, 0.25) is 0 Å². The SMILES string of the molecule is O=C(NCCc1ccco1)c1cccc(OC(F)F)c1. The lowest BCUT2D eigenvalue weighted by atomic mass is 10.2. The summed E-state index contributed by atoms with van der Waals surface area (Å²) in [4.78, 5) is 11.8. The summed E-state index contributed by atoms with van der Waals surface area (Å²) in [7, 11) is 0. The molecule has 1 aromatic heterocycles. The van der Waals surface area contributed by atoms with E-state index in [1.54, 1.807) is 12.3 Å². The maximum atomic E-state index is 12.1. The lowest BCUT2D eigenvalue weighted by Crippen LogP contribution is -2.25. The number of carbonyl (C=O) groups is 1. The molecule has 0 saturated heterocycles. The number of halogens is 2. The fourth-order valence-corrected chi connectivity index (χ4v) is 1.67. The van der Waals surface area contributed by atoms with Crippen LogP contribution in [0.5, 0.6) is 5.75 Å². The van der Waals surface area contributed by atoms with Crippen molar-refractivity contribution in [3.05, 3.63) is 54.0 Å². The Kier molecular flexibility index (Phi) is 4.70. The van der Waals surface area contributed by atoms with Crippen LogP contribution in [0, 0.1) is 0 Å². The summed E-state index contributed by atoms with van der Waals surface area (Å²) in [5.74, 6) is 0.370. The van der Waals surface area contributed by atoms with Crippen LogP contribution < -0.4 is 10.1 Å². The van der Waals surface area contributed by atoms with Gasteiger partial charge in [-0.25, -0.2) is 0 Å². The third kappa shape index (κ3) is 4.08. The molecule has 1 N–H and O–H groups in total. The lowest BCUT2D eigenvalue weighted by Gasteiger charge is -2.07. The molecule has 1 heterocycles. The van der Waals surface area contributed by atoms with Crippen molar-refractivity contribution < 1.29 is 22.7 Å². The third-order valence-electron chi connectivity index (χ3n) is 2.56. The zero-order chi connectivity index (χ0) is 14.4. The second-order valence-electron chi connectivity index (χ2n) is 3.99. The van der Waals surface area contributed by atoms with E-state index in [1.165, 1.54) is 24.3 Å². The van der Waals surface area contributed by atoms with E-state index < -0.39 is 6.61 Å². The van der Waals surface area contributed by atoms with Crippen molar-refractivity contribution in [3.8, 4) is 5.75 Å². The highest BCUT2D eigenvalue weighted by Gasteiger charge is 2.09. The summed E-state index contributed by atoms with van der Waals surface area (Å²) >= 11 is 0. The minimum absolute atomic E-state index is 0.0429. The van der Waals surface area contributed by atoms with Gasteiger partial charge >= 0.3 is 6.61 Å². The maximum Gasteiger partial charge on any atom is 0.387 e. The predicted octanol–water partition coefficient (Wildman–Crippen LogP) is 2.85. The first-order valence-electron chi connectivity index (χ1n) is 6.00. The lowest BCUT2D eigenvalue weighted by molar-refractivity contribution is -0.0498. The number of alkyl halides is 2. The summed E-state index contributed by atoms with van der Waals surface area (Å²) in [6, 6.07) is 9.23. The fraction of sp³-hybridized carbons (Fsp3) is 0.214. The molecular weight excluding hydrogens is 268 g/mol. The van der Waals surface area contributed by atoms with Gasteiger partial charge in [0.2, 0.25) is 0 Å². The van der Waals surface area contributed by atoms with Crippen molar-refractivity contribution in [1.82, 2.24) is 5.32 Å². The van der Waals surface area contributed by atoms with E-state index in [0.717, 1.165) is 5.76 Å². The summed E-state index contributed by atoms with van der Waals surface area (Å²) in [5.41, 5.74) is 0.266. The van der Waals surface area contributed by atoms with Gasteiger partial charge in [0.25, 0.3) is 5.91 Å². The van der Waals surface area contributed by atoms with Crippen LogP contribution in [-0.2, 0) is 6.42 Å². The Hall–Kier alpha value is -2.37. The Balaban J connectivity index is 1.88. The summed E-state index contributed by atoms with van der Waals surface area (Å²) in [6.07, 6.45) is 2.12. The number of amides is 1. The van der Waals surface area contributed by atoms with Gasteiger partial charge in [0.1, 0.15) is 11.5 Å². The smallest absolute Gasteiger partial charge is 0.387 e. The first-order valence-corrected chi connectivity index (χ1v) is 6.00. The topological polar surface area (TPSA) is 51.5 Å². The second kappa shape index (κ2) is 6.70. The molecule has 2 rings (SSSR count). The largest absolute Gasteiger partial charge is 0.469 e. The van der Waals surface area contributed by atoms with Crippen molar-refractivity contribution in [2.24, 2.45) is 0 Å². The van der Waals surface area contributed by atoms with Crippen LogP contribution in [0.1, 0.15) is 16.1 Å². The van der Waals surface area contributed by atoms with E-state index in [1.807, 2.05) is 6.07 Å². The van der Waals surface area contributed by atoms with E-state index in [-0.39, 0.29) is 17.2 Å². The summed E-state index contributed by atoms with van der Waals surface area (Å²) in [5, 5.41) is 2.68. The number of nitrogens with one attached hydrogen (secondary N) is 1. The number of rotatable bonds is 6. The number of benzene rings is 1. The van der Waals surface area contributed by atoms with Crippen LogP contribution in [0.3, 0.4) is 0 Å². The standard InChI is InChI=1S/C14H13F2NO3/c15-14(16)20-12-4-1-3-10(9-12)13(18)17-7-6-11-5-2-8-19-11/h1-5,8-9,14H,6-7H2,(H,17,18). The van der Waals surface area contributed by atoms with Crippen LogP contribution >= 0.6 is 0 Å². The minimum Gasteiger partial charge on any atom is -0.469 e. The minimum atomic E-state index is -2.91. The summed E-state index contributed by atoms with van der Waals surface area (Å²) < 4.78 is 33.5. The number of ether oxygens (including phenoxy) is 1. The quantitative estimate of drug-likeness (QED) is 0.885. The van der Waals surface area contributed by atoms with Gasteiger partial charge in [-0.1, -0.05) is 6.07 Å². The Labute approximate surface area is 114 Å². The van der Waals surface area contributed by atoms with Gasteiger partial charge < -0.3 is 14.5 Å². The van der Waals surface area contributed by atoms with Gasteiger partial charge in [0.05, 0.1) is 6.26 Å². The Bertz CT molecular complexity index is 555. The van der Waals surface area contributed by atoms with Gasteiger partial charge in [-0.2, -0.15) is 8.78 Å². The average molecular weight is 281 g/mol.